The number of aromatic nitrogens is 2. The van der Waals surface area contributed by atoms with Crippen LogP contribution in [0.1, 0.15) is 48.4 Å². The molecule has 1 unspecified atom stereocenters. The number of hydrogen-bond acceptors (Lipinski definition) is 7. The highest BCUT2D eigenvalue weighted by molar-refractivity contribution is 8.16. The molecule has 8 heteroatoms. The first-order valence-corrected chi connectivity index (χ1v) is 13.7. The number of carboxylic acids is 1. The second-order valence-corrected chi connectivity index (χ2v) is 10.4. The number of rotatable bonds is 8. The van der Waals surface area contributed by atoms with E-state index in [4.69, 9.17) is 9.84 Å². The van der Waals surface area contributed by atoms with Crippen molar-refractivity contribution in [3.05, 3.63) is 47.3 Å². The minimum Gasteiger partial charge on any atom is -0.493 e. The predicted octanol–water partition coefficient (Wildman–Crippen LogP) is 5.25. The molecule has 1 N–H and O–H groups in total. The average Bonchev–Trinajstić information content (AvgIpc) is 2.80. The van der Waals surface area contributed by atoms with E-state index in [9.17, 15) is 4.79 Å². The number of ether oxygens (including phenoxy) is 1. The van der Waals surface area contributed by atoms with E-state index in [0.29, 0.717) is 19.4 Å². The van der Waals surface area contributed by atoms with Gasteiger partial charge in [0.15, 0.2) is 0 Å². The number of thioether (sulfide) groups is 3. The molecule has 0 bridgehead atoms. The normalized spacial score (nSPS) is 15.2. The van der Waals surface area contributed by atoms with Crippen molar-refractivity contribution in [3.63, 3.8) is 0 Å². The van der Waals surface area contributed by atoms with Crippen LogP contribution < -0.4 is 4.74 Å². The molecule has 0 aliphatic carbocycles. The van der Waals surface area contributed by atoms with Crippen molar-refractivity contribution >= 4 is 41.3 Å². The van der Waals surface area contributed by atoms with E-state index < -0.39 is 5.97 Å². The SMILES string of the molecule is CSc1cc2c(cc1C#CC(CCCC(=O)O)c1cccnn1)C(SC)(SC)CCO2. The highest BCUT2D eigenvalue weighted by Gasteiger charge is 2.37. The molecule has 3 rings (SSSR count). The summed E-state index contributed by atoms with van der Waals surface area (Å²) in [6.45, 7) is 0.714. The van der Waals surface area contributed by atoms with Crippen LogP contribution in [-0.4, -0.2) is 46.6 Å². The fraction of sp³-hybridized carbons (Fsp3) is 0.435. The molecular weight excluding hydrogens is 448 g/mol. The van der Waals surface area contributed by atoms with Crippen LogP contribution >= 0.6 is 35.3 Å². The maximum absolute atomic E-state index is 11.0. The standard InChI is InChI=1S/C23H26N2O3S3/c1-29-21-15-20-18(23(30-2,31-3)11-13-28-20)14-17(21)10-9-16(6-4-8-22(26)27)19-7-5-12-24-25-19/h5,7,12,14-16H,4,6,8,11,13H2,1-3H3,(H,26,27). The Balaban J connectivity index is 1.99. The third kappa shape index (κ3) is 5.71. The molecule has 1 aromatic carbocycles. The summed E-state index contributed by atoms with van der Waals surface area (Å²) in [4.78, 5) is 12.0. The molecule has 2 heterocycles. The maximum Gasteiger partial charge on any atom is 0.303 e. The molecule has 0 fully saturated rings. The number of hydrogen-bond donors (Lipinski definition) is 1. The van der Waals surface area contributed by atoms with Gasteiger partial charge >= 0.3 is 5.97 Å². The molecule has 0 spiro atoms. The van der Waals surface area contributed by atoms with E-state index in [0.717, 1.165) is 28.3 Å². The lowest BCUT2D eigenvalue weighted by molar-refractivity contribution is -0.137. The zero-order valence-electron chi connectivity index (χ0n) is 17.9. The number of nitrogens with zero attached hydrogens (tertiary/aromatic N) is 2. The minimum atomic E-state index is -0.796. The highest BCUT2D eigenvalue weighted by Crippen LogP contribution is 2.53. The lowest BCUT2D eigenvalue weighted by Gasteiger charge is -2.36. The van der Waals surface area contributed by atoms with Crippen molar-refractivity contribution in [2.45, 2.75) is 40.6 Å². The summed E-state index contributed by atoms with van der Waals surface area (Å²) in [6, 6.07) is 8.01. The van der Waals surface area contributed by atoms with Crippen LogP contribution in [0.25, 0.3) is 0 Å². The summed E-state index contributed by atoms with van der Waals surface area (Å²) < 4.78 is 5.95. The molecular formula is C23H26N2O3S3. The number of carboxylic acid groups (broad SMARTS) is 1. The highest BCUT2D eigenvalue weighted by atomic mass is 32.2. The van der Waals surface area contributed by atoms with Crippen LogP contribution in [-0.2, 0) is 8.87 Å². The molecule has 2 aromatic rings. The van der Waals surface area contributed by atoms with Crippen molar-refractivity contribution in [2.24, 2.45) is 0 Å². The van der Waals surface area contributed by atoms with Crippen LogP contribution in [0.2, 0.25) is 0 Å². The Bertz CT molecular complexity index is 969. The van der Waals surface area contributed by atoms with Gasteiger partial charge in [-0.3, -0.25) is 4.79 Å². The molecule has 0 amide bonds. The average molecular weight is 475 g/mol. The van der Waals surface area contributed by atoms with Gasteiger partial charge in [0.05, 0.1) is 22.3 Å². The largest absolute Gasteiger partial charge is 0.493 e. The van der Waals surface area contributed by atoms with Gasteiger partial charge in [0, 0.05) is 35.1 Å². The van der Waals surface area contributed by atoms with E-state index in [1.807, 2.05) is 41.9 Å². The Morgan fingerprint density at radius 1 is 1.32 bits per heavy atom. The Morgan fingerprint density at radius 2 is 2.13 bits per heavy atom. The second kappa shape index (κ2) is 11.2. The van der Waals surface area contributed by atoms with Crippen LogP contribution in [0.15, 0.2) is 35.4 Å². The number of aliphatic carboxylic acids is 1. The van der Waals surface area contributed by atoms with Gasteiger partial charge in [0.1, 0.15) is 5.75 Å². The maximum atomic E-state index is 11.0. The smallest absolute Gasteiger partial charge is 0.303 e. The molecule has 0 saturated heterocycles. The first-order valence-electron chi connectivity index (χ1n) is 9.99. The van der Waals surface area contributed by atoms with Gasteiger partial charge in [-0.2, -0.15) is 10.2 Å². The van der Waals surface area contributed by atoms with Crippen LogP contribution in [0, 0.1) is 11.8 Å². The monoisotopic (exact) mass is 474 g/mol. The molecule has 164 valence electrons. The first kappa shape index (κ1) is 23.8. The number of benzene rings is 1. The summed E-state index contributed by atoms with van der Waals surface area (Å²) in [7, 11) is 0. The molecule has 1 aliphatic rings. The zero-order chi connectivity index (χ0) is 22.3. The fourth-order valence-electron chi connectivity index (χ4n) is 3.60. The summed E-state index contributed by atoms with van der Waals surface area (Å²) in [6.07, 6.45) is 10.2. The van der Waals surface area contributed by atoms with Crippen molar-refractivity contribution in [2.75, 3.05) is 25.4 Å². The van der Waals surface area contributed by atoms with Gasteiger partial charge in [-0.05, 0) is 55.9 Å². The van der Waals surface area contributed by atoms with Gasteiger partial charge in [-0.15, -0.1) is 35.3 Å². The molecule has 0 radical (unpaired) electrons. The third-order valence-corrected chi connectivity index (χ3v) is 9.22. The second-order valence-electron chi connectivity index (χ2n) is 7.06. The van der Waals surface area contributed by atoms with E-state index in [1.54, 1.807) is 18.0 Å². The lowest BCUT2D eigenvalue weighted by Crippen LogP contribution is -2.26. The molecule has 31 heavy (non-hydrogen) atoms. The van der Waals surface area contributed by atoms with Crippen molar-refractivity contribution in [1.29, 1.82) is 0 Å². The van der Waals surface area contributed by atoms with Crippen molar-refractivity contribution in [3.8, 4) is 17.6 Å². The molecule has 5 nitrogen and oxygen atoms in total. The van der Waals surface area contributed by atoms with Gasteiger partial charge in [0.2, 0.25) is 0 Å². The quantitative estimate of drug-likeness (QED) is 0.316. The van der Waals surface area contributed by atoms with Gasteiger partial charge in [0.25, 0.3) is 0 Å². The zero-order valence-corrected chi connectivity index (χ0v) is 20.3. The van der Waals surface area contributed by atoms with Gasteiger partial charge < -0.3 is 9.84 Å². The van der Waals surface area contributed by atoms with E-state index >= 15 is 0 Å². The number of fused-ring (bicyclic) bond motifs is 1. The minimum absolute atomic E-state index is 0.0350. The van der Waals surface area contributed by atoms with Crippen molar-refractivity contribution < 1.29 is 14.6 Å². The van der Waals surface area contributed by atoms with Gasteiger partial charge in [-0.25, -0.2) is 0 Å². The van der Waals surface area contributed by atoms with Crippen LogP contribution in [0.5, 0.6) is 5.75 Å². The van der Waals surface area contributed by atoms with Crippen LogP contribution in [0.4, 0.5) is 0 Å². The van der Waals surface area contributed by atoms with Crippen LogP contribution in [0.3, 0.4) is 0 Å². The van der Waals surface area contributed by atoms with Gasteiger partial charge in [-0.1, -0.05) is 11.8 Å². The fourth-order valence-corrected chi connectivity index (χ4v) is 6.15. The van der Waals surface area contributed by atoms with Crippen molar-refractivity contribution in [1.82, 2.24) is 10.2 Å². The third-order valence-electron chi connectivity index (χ3n) is 5.27. The van der Waals surface area contributed by atoms with E-state index in [2.05, 4.69) is 46.7 Å². The van der Waals surface area contributed by atoms with E-state index in [1.165, 1.54) is 5.56 Å². The lowest BCUT2D eigenvalue weighted by atomic mass is 9.97. The molecule has 1 aromatic heterocycles. The Labute approximate surface area is 196 Å². The summed E-state index contributed by atoms with van der Waals surface area (Å²) >= 11 is 5.35. The number of carbonyl (C=O) groups is 1. The Morgan fingerprint density at radius 3 is 2.77 bits per heavy atom. The predicted molar refractivity (Wildman–Crippen MR) is 130 cm³/mol. The molecule has 1 aliphatic heterocycles. The van der Waals surface area contributed by atoms with E-state index in [-0.39, 0.29) is 16.4 Å². The summed E-state index contributed by atoms with van der Waals surface area (Å²) in [5, 5.41) is 17.2. The Kier molecular flexibility index (Phi) is 8.58. The summed E-state index contributed by atoms with van der Waals surface area (Å²) in [5.74, 6) is 6.71. The first-order chi connectivity index (χ1) is 15.0. The molecule has 1 atom stereocenters. The molecule has 0 saturated carbocycles. The Hall–Kier alpha value is -1.82. The summed E-state index contributed by atoms with van der Waals surface area (Å²) in [5.41, 5.74) is 2.93. The topological polar surface area (TPSA) is 72.3 Å².